The summed E-state index contributed by atoms with van der Waals surface area (Å²) >= 11 is 0. The van der Waals surface area contributed by atoms with Gasteiger partial charge in [0.1, 0.15) is 12.1 Å². The summed E-state index contributed by atoms with van der Waals surface area (Å²) in [6.07, 6.45) is 3.99. The molecule has 7 heteroatoms. The van der Waals surface area contributed by atoms with E-state index < -0.39 is 0 Å². The zero-order valence-electron chi connectivity index (χ0n) is 15.7. The second kappa shape index (κ2) is 7.84. The van der Waals surface area contributed by atoms with Crippen LogP contribution in [0.2, 0.25) is 0 Å². The molecule has 1 aliphatic heterocycles. The molecule has 0 amide bonds. The van der Waals surface area contributed by atoms with E-state index in [9.17, 15) is 0 Å². The number of aromatic nitrogens is 4. The second-order valence-corrected chi connectivity index (χ2v) is 7.08. The number of rotatable bonds is 5. The third-order valence-electron chi connectivity index (χ3n) is 4.90. The summed E-state index contributed by atoms with van der Waals surface area (Å²) in [5.74, 6) is 2.48. The van der Waals surface area contributed by atoms with Crippen molar-refractivity contribution in [2.75, 3.05) is 25.0 Å². The Morgan fingerprint density at radius 2 is 2.19 bits per heavy atom. The van der Waals surface area contributed by atoms with Crippen molar-refractivity contribution in [1.29, 1.82) is 0 Å². The van der Waals surface area contributed by atoms with Gasteiger partial charge in [0.15, 0.2) is 0 Å². The second-order valence-electron chi connectivity index (χ2n) is 7.08. The van der Waals surface area contributed by atoms with Gasteiger partial charge in [0, 0.05) is 31.1 Å². The molecule has 1 aliphatic rings. The Kier molecular flexibility index (Phi) is 5.11. The van der Waals surface area contributed by atoms with Crippen molar-refractivity contribution >= 4 is 5.82 Å². The number of nitrogens with one attached hydrogen (secondary N) is 1. The quantitative estimate of drug-likeness (QED) is 0.745. The summed E-state index contributed by atoms with van der Waals surface area (Å²) in [6, 6.07) is 10.1. The van der Waals surface area contributed by atoms with E-state index in [-0.39, 0.29) is 0 Å². The molecule has 0 saturated carbocycles. The molecule has 1 N–H and O–H groups in total. The van der Waals surface area contributed by atoms with Crippen molar-refractivity contribution in [3.8, 4) is 11.4 Å². The third kappa shape index (κ3) is 4.14. The van der Waals surface area contributed by atoms with E-state index in [1.807, 2.05) is 43.1 Å². The van der Waals surface area contributed by atoms with Crippen molar-refractivity contribution in [2.45, 2.75) is 32.2 Å². The fourth-order valence-electron chi connectivity index (χ4n) is 3.40. The molecule has 2 aromatic heterocycles. The summed E-state index contributed by atoms with van der Waals surface area (Å²) in [4.78, 5) is 15.4. The van der Waals surface area contributed by atoms with Crippen LogP contribution in [0.3, 0.4) is 0 Å². The number of hydrogen-bond donors (Lipinski definition) is 1. The van der Waals surface area contributed by atoms with Gasteiger partial charge in [-0.2, -0.15) is 4.98 Å². The van der Waals surface area contributed by atoms with E-state index in [4.69, 9.17) is 4.52 Å². The zero-order chi connectivity index (χ0) is 18.6. The zero-order valence-corrected chi connectivity index (χ0v) is 15.7. The van der Waals surface area contributed by atoms with Crippen LogP contribution >= 0.6 is 0 Å². The lowest BCUT2D eigenvalue weighted by atomic mass is 9.96. The molecule has 0 spiro atoms. The number of nitrogens with zero attached hydrogens (tertiary/aromatic N) is 5. The van der Waals surface area contributed by atoms with Gasteiger partial charge < -0.3 is 14.7 Å². The first kappa shape index (κ1) is 17.6. The molecular weight excluding hydrogens is 340 g/mol. The number of aryl methyl sites for hydroxylation is 1. The number of piperidine rings is 1. The molecule has 1 atom stereocenters. The average molecular weight is 364 g/mol. The van der Waals surface area contributed by atoms with Crippen LogP contribution in [0.25, 0.3) is 11.4 Å². The third-order valence-corrected chi connectivity index (χ3v) is 4.90. The summed E-state index contributed by atoms with van der Waals surface area (Å²) < 4.78 is 5.44. The highest BCUT2D eigenvalue weighted by Crippen LogP contribution is 2.24. The first-order chi connectivity index (χ1) is 13.2. The highest BCUT2D eigenvalue weighted by atomic mass is 16.5. The first-order valence-electron chi connectivity index (χ1n) is 9.32. The molecule has 27 heavy (non-hydrogen) atoms. The lowest BCUT2D eigenvalue weighted by Gasteiger charge is -2.23. The fourth-order valence-corrected chi connectivity index (χ4v) is 3.40. The van der Waals surface area contributed by atoms with Gasteiger partial charge in [0.25, 0.3) is 0 Å². The Labute approximate surface area is 158 Å². The van der Waals surface area contributed by atoms with Crippen LogP contribution in [-0.4, -0.2) is 40.2 Å². The topological polar surface area (TPSA) is 80.0 Å². The van der Waals surface area contributed by atoms with E-state index in [1.165, 1.54) is 12.0 Å². The molecule has 0 bridgehead atoms. The Morgan fingerprint density at radius 3 is 3.00 bits per heavy atom. The Balaban J connectivity index is 1.47. The van der Waals surface area contributed by atoms with Gasteiger partial charge in [0.05, 0.1) is 12.2 Å². The van der Waals surface area contributed by atoms with Gasteiger partial charge in [0.2, 0.25) is 11.7 Å². The van der Waals surface area contributed by atoms with E-state index >= 15 is 0 Å². The first-order valence-corrected chi connectivity index (χ1v) is 9.32. The lowest BCUT2D eigenvalue weighted by Crippen LogP contribution is -2.29. The summed E-state index contributed by atoms with van der Waals surface area (Å²) in [6.45, 7) is 4.61. The molecule has 7 nitrogen and oxygen atoms in total. The van der Waals surface area contributed by atoms with E-state index in [2.05, 4.69) is 31.5 Å². The van der Waals surface area contributed by atoms with Crippen LogP contribution in [0.5, 0.6) is 0 Å². The maximum Gasteiger partial charge on any atom is 0.246 e. The van der Waals surface area contributed by atoms with Crippen LogP contribution in [0.15, 0.2) is 41.2 Å². The van der Waals surface area contributed by atoms with E-state index in [0.717, 1.165) is 36.6 Å². The van der Waals surface area contributed by atoms with E-state index in [1.54, 1.807) is 6.33 Å². The van der Waals surface area contributed by atoms with Crippen LogP contribution in [0.1, 0.15) is 35.9 Å². The van der Waals surface area contributed by atoms with Crippen molar-refractivity contribution in [1.82, 2.24) is 25.4 Å². The SMILES string of the molecule is Cc1cccc(-c2noc(CN(C)c3cc([C@H]4CCCNC4)ncn3)n2)c1. The minimum atomic E-state index is 0.449. The van der Waals surface area contributed by atoms with Crippen LogP contribution in [0, 0.1) is 6.92 Å². The monoisotopic (exact) mass is 364 g/mol. The molecule has 0 radical (unpaired) electrons. The molecule has 1 saturated heterocycles. The standard InChI is InChI=1S/C20H24N6O/c1-14-5-3-6-15(9-14)20-24-19(27-25-20)12-26(2)18-10-17(22-13-23-18)16-7-4-8-21-11-16/h3,5-6,9-10,13,16,21H,4,7-8,11-12H2,1-2H3/t16-/m0/s1. The number of anilines is 1. The van der Waals surface area contributed by atoms with Crippen molar-refractivity contribution in [3.05, 3.63) is 53.8 Å². The normalized spacial score (nSPS) is 17.0. The molecule has 0 aliphatic carbocycles. The Bertz CT molecular complexity index is 903. The smallest absolute Gasteiger partial charge is 0.246 e. The van der Waals surface area contributed by atoms with E-state index in [0.29, 0.717) is 24.2 Å². The molecule has 3 aromatic rings. The van der Waals surface area contributed by atoms with Gasteiger partial charge in [-0.3, -0.25) is 0 Å². The maximum absolute atomic E-state index is 5.44. The van der Waals surface area contributed by atoms with Crippen LogP contribution in [0.4, 0.5) is 5.82 Å². The largest absolute Gasteiger partial charge is 0.350 e. The highest BCUT2D eigenvalue weighted by Gasteiger charge is 2.18. The number of benzene rings is 1. The fraction of sp³-hybridized carbons (Fsp3) is 0.400. The molecule has 0 unspecified atom stereocenters. The van der Waals surface area contributed by atoms with Crippen LogP contribution < -0.4 is 10.2 Å². The number of hydrogen-bond acceptors (Lipinski definition) is 7. The predicted molar refractivity (Wildman–Crippen MR) is 103 cm³/mol. The average Bonchev–Trinajstić information content (AvgIpc) is 3.17. The molecule has 1 aromatic carbocycles. The minimum absolute atomic E-state index is 0.449. The molecule has 4 rings (SSSR count). The molecular formula is C20H24N6O. The van der Waals surface area contributed by atoms with Crippen LogP contribution in [-0.2, 0) is 6.54 Å². The summed E-state index contributed by atoms with van der Waals surface area (Å²) in [5.41, 5.74) is 3.22. The van der Waals surface area contributed by atoms with Crippen molar-refractivity contribution < 1.29 is 4.52 Å². The molecule has 140 valence electrons. The summed E-state index contributed by atoms with van der Waals surface area (Å²) in [5, 5.41) is 7.55. The Hall–Kier alpha value is -2.80. The van der Waals surface area contributed by atoms with Gasteiger partial charge in [-0.1, -0.05) is 28.9 Å². The van der Waals surface area contributed by atoms with Crippen molar-refractivity contribution in [2.24, 2.45) is 0 Å². The summed E-state index contributed by atoms with van der Waals surface area (Å²) in [7, 11) is 1.97. The van der Waals surface area contributed by atoms with Gasteiger partial charge >= 0.3 is 0 Å². The predicted octanol–water partition coefficient (Wildman–Crippen LogP) is 2.94. The van der Waals surface area contributed by atoms with Crippen molar-refractivity contribution in [3.63, 3.8) is 0 Å². The van der Waals surface area contributed by atoms with Gasteiger partial charge in [-0.05, 0) is 32.4 Å². The lowest BCUT2D eigenvalue weighted by molar-refractivity contribution is 0.378. The van der Waals surface area contributed by atoms with Gasteiger partial charge in [-0.15, -0.1) is 0 Å². The minimum Gasteiger partial charge on any atom is -0.350 e. The highest BCUT2D eigenvalue weighted by molar-refractivity contribution is 5.55. The molecule has 3 heterocycles. The maximum atomic E-state index is 5.44. The molecule has 1 fully saturated rings. The Morgan fingerprint density at radius 1 is 1.26 bits per heavy atom. The van der Waals surface area contributed by atoms with Gasteiger partial charge in [-0.25, -0.2) is 9.97 Å².